The summed E-state index contributed by atoms with van der Waals surface area (Å²) in [6.07, 6.45) is 0. The number of rotatable bonds is 4. The van der Waals surface area contributed by atoms with E-state index in [1.165, 1.54) is 12.1 Å². The zero-order valence-corrected chi connectivity index (χ0v) is 11.9. The Balaban J connectivity index is 2.07. The molecule has 2 aromatic rings. The summed E-state index contributed by atoms with van der Waals surface area (Å²) in [4.78, 5) is 0. The van der Waals surface area contributed by atoms with Crippen molar-refractivity contribution in [3.63, 3.8) is 0 Å². The molecule has 0 spiro atoms. The Morgan fingerprint density at radius 1 is 1.15 bits per heavy atom. The van der Waals surface area contributed by atoms with Crippen LogP contribution in [-0.4, -0.2) is 4.21 Å². The highest BCUT2D eigenvalue weighted by Crippen LogP contribution is 2.14. The Morgan fingerprint density at radius 2 is 1.85 bits per heavy atom. The smallest absolute Gasteiger partial charge is 0.140 e. The van der Waals surface area contributed by atoms with Gasteiger partial charge in [0.25, 0.3) is 0 Å². The van der Waals surface area contributed by atoms with Crippen LogP contribution in [0.25, 0.3) is 0 Å². The van der Waals surface area contributed by atoms with Crippen LogP contribution in [0.2, 0.25) is 0 Å². The van der Waals surface area contributed by atoms with Crippen LogP contribution in [-0.2, 0) is 22.3 Å². The van der Waals surface area contributed by atoms with Crippen LogP contribution in [0.5, 0.6) is 0 Å². The molecule has 0 saturated heterocycles. The van der Waals surface area contributed by atoms with Crippen molar-refractivity contribution >= 4 is 10.8 Å². The molecule has 0 fully saturated rings. The number of nitriles is 1. The van der Waals surface area contributed by atoms with Gasteiger partial charge >= 0.3 is 0 Å². The lowest BCUT2D eigenvalue weighted by Crippen LogP contribution is -2.00. The van der Waals surface area contributed by atoms with Gasteiger partial charge in [-0.2, -0.15) is 5.26 Å². The first kappa shape index (κ1) is 14.4. The number of nitrogens with zero attached hydrogens (tertiary/aromatic N) is 1. The minimum Gasteiger partial charge on any atom is -0.259 e. The van der Waals surface area contributed by atoms with Gasteiger partial charge in [-0.3, -0.25) is 4.21 Å². The van der Waals surface area contributed by atoms with Gasteiger partial charge in [-0.1, -0.05) is 35.9 Å². The second kappa shape index (κ2) is 6.44. The zero-order valence-electron chi connectivity index (χ0n) is 11.1. The fourth-order valence-electron chi connectivity index (χ4n) is 1.97. The fourth-order valence-corrected chi connectivity index (χ4v) is 3.18. The van der Waals surface area contributed by atoms with Crippen LogP contribution in [0.3, 0.4) is 0 Å². The first-order valence-corrected chi connectivity index (χ1v) is 7.66. The van der Waals surface area contributed by atoms with Crippen LogP contribution in [0.1, 0.15) is 22.3 Å². The molecule has 0 N–H and O–H groups in total. The lowest BCUT2D eigenvalue weighted by Gasteiger charge is -2.05. The quantitative estimate of drug-likeness (QED) is 0.864. The Hall–Kier alpha value is -1.99. The Labute approximate surface area is 120 Å². The van der Waals surface area contributed by atoms with Crippen LogP contribution < -0.4 is 0 Å². The van der Waals surface area contributed by atoms with E-state index in [0.717, 1.165) is 11.1 Å². The molecule has 1 unspecified atom stereocenters. The minimum atomic E-state index is -1.08. The third kappa shape index (κ3) is 3.75. The van der Waals surface area contributed by atoms with Gasteiger partial charge in [-0.15, -0.1) is 0 Å². The Kier molecular flexibility index (Phi) is 4.65. The van der Waals surface area contributed by atoms with Crippen molar-refractivity contribution in [2.24, 2.45) is 0 Å². The van der Waals surface area contributed by atoms with Crippen molar-refractivity contribution in [1.29, 1.82) is 5.26 Å². The zero-order chi connectivity index (χ0) is 14.5. The Morgan fingerprint density at radius 3 is 2.50 bits per heavy atom. The molecule has 0 aliphatic carbocycles. The highest BCUT2D eigenvalue weighted by molar-refractivity contribution is 7.83. The van der Waals surface area contributed by atoms with E-state index in [0.29, 0.717) is 17.1 Å². The van der Waals surface area contributed by atoms with Gasteiger partial charge in [0, 0.05) is 22.3 Å². The van der Waals surface area contributed by atoms with Crippen molar-refractivity contribution in [3.8, 4) is 6.07 Å². The van der Waals surface area contributed by atoms with Crippen molar-refractivity contribution in [2.45, 2.75) is 18.4 Å². The number of aryl methyl sites for hydroxylation is 1. The molecule has 0 amide bonds. The number of hydrogen-bond acceptors (Lipinski definition) is 2. The minimum absolute atomic E-state index is 0.00458. The van der Waals surface area contributed by atoms with Crippen LogP contribution >= 0.6 is 0 Å². The van der Waals surface area contributed by atoms with E-state index < -0.39 is 16.6 Å². The molecule has 4 heteroatoms. The highest BCUT2D eigenvalue weighted by atomic mass is 32.2. The van der Waals surface area contributed by atoms with E-state index in [-0.39, 0.29) is 5.56 Å². The topological polar surface area (TPSA) is 40.9 Å². The van der Waals surface area contributed by atoms with Gasteiger partial charge in [0.05, 0.1) is 5.56 Å². The van der Waals surface area contributed by atoms with Crippen LogP contribution in [0, 0.1) is 24.1 Å². The van der Waals surface area contributed by atoms with E-state index in [1.54, 1.807) is 12.1 Å². The van der Waals surface area contributed by atoms with Gasteiger partial charge in [0.2, 0.25) is 0 Å². The van der Waals surface area contributed by atoms with E-state index >= 15 is 0 Å². The maximum absolute atomic E-state index is 13.2. The standard InChI is InChI=1S/C16H14FNOS/c1-12-3-2-4-13(7-12)10-20(19)11-14-5-6-16(17)15(8-14)9-18/h2-8H,10-11H2,1H3. The molecule has 0 bridgehead atoms. The van der Waals surface area contributed by atoms with Crippen molar-refractivity contribution in [2.75, 3.05) is 0 Å². The molecule has 102 valence electrons. The molecular weight excluding hydrogens is 273 g/mol. The van der Waals surface area contributed by atoms with Gasteiger partial charge in [-0.25, -0.2) is 4.39 Å². The molecule has 2 nitrogen and oxygen atoms in total. The summed E-state index contributed by atoms with van der Waals surface area (Å²) in [7, 11) is -1.08. The van der Waals surface area contributed by atoms with Gasteiger partial charge in [0.1, 0.15) is 11.9 Å². The molecule has 20 heavy (non-hydrogen) atoms. The van der Waals surface area contributed by atoms with Crippen LogP contribution in [0.4, 0.5) is 4.39 Å². The first-order valence-electron chi connectivity index (χ1n) is 6.17. The van der Waals surface area contributed by atoms with E-state index in [2.05, 4.69) is 0 Å². The largest absolute Gasteiger partial charge is 0.259 e. The molecule has 0 heterocycles. The molecule has 2 aromatic carbocycles. The average Bonchev–Trinajstić information content (AvgIpc) is 2.41. The molecule has 0 aliphatic rings. The monoisotopic (exact) mass is 287 g/mol. The highest BCUT2D eigenvalue weighted by Gasteiger charge is 2.07. The summed E-state index contributed by atoms with van der Waals surface area (Å²) in [6.45, 7) is 1.99. The van der Waals surface area contributed by atoms with E-state index in [4.69, 9.17) is 5.26 Å². The lowest BCUT2D eigenvalue weighted by atomic mass is 10.1. The van der Waals surface area contributed by atoms with E-state index in [1.807, 2.05) is 31.2 Å². The maximum atomic E-state index is 13.2. The number of hydrogen-bond donors (Lipinski definition) is 0. The summed E-state index contributed by atoms with van der Waals surface area (Å²) in [5, 5.41) is 8.78. The third-order valence-corrected chi connectivity index (χ3v) is 4.20. The maximum Gasteiger partial charge on any atom is 0.140 e. The van der Waals surface area contributed by atoms with Gasteiger partial charge in [-0.05, 0) is 30.2 Å². The predicted molar refractivity (Wildman–Crippen MR) is 77.8 cm³/mol. The lowest BCUT2D eigenvalue weighted by molar-refractivity contribution is 0.623. The summed E-state index contributed by atoms with van der Waals surface area (Å²) < 4.78 is 25.3. The summed E-state index contributed by atoms with van der Waals surface area (Å²) in [6, 6.07) is 13.9. The van der Waals surface area contributed by atoms with Crippen molar-refractivity contribution < 1.29 is 8.60 Å². The molecule has 0 aliphatic heterocycles. The summed E-state index contributed by atoms with van der Waals surface area (Å²) in [5.74, 6) is 0.241. The van der Waals surface area contributed by atoms with Gasteiger partial charge in [0.15, 0.2) is 0 Å². The van der Waals surface area contributed by atoms with Crippen molar-refractivity contribution in [1.82, 2.24) is 0 Å². The molecular formula is C16H14FNOS. The summed E-state index contributed by atoms with van der Waals surface area (Å²) in [5.41, 5.74) is 2.86. The van der Waals surface area contributed by atoms with Gasteiger partial charge < -0.3 is 0 Å². The molecule has 0 aromatic heterocycles. The third-order valence-electron chi connectivity index (χ3n) is 2.89. The normalized spacial score (nSPS) is 11.8. The fraction of sp³-hybridized carbons (Fsp3) is 0.188. The molecule has 0 radical (unpaired) electrons. The van der Waals surface area contributed by atoms with Crippen LogP contribution in [0.15, 0.2) is 42.5 Å². The molecule has 1 atom stereocenters. The summed E-state index contributed by atoms with van der Waals surface area (Å²) >= 11 is 0. The second-order valence-corrected chi connectivity index (χ2v) is 6.10. The molecule has 0 saturated carbocycles. The number of benzene rings is 2. The van der Waals surface area contributed by atoms with E-state index in [9.17, 15) is 8.60 Å². The van der Waals surface area contributed by atoms with Crippen molar-refractivity contribution in [3.05, 3.63) is 70.5 Å². The first-order chi connectivity index (χ1) is 9.58. The Bertz CT molecular complexity index is 691. The number of halogens is 1. The predicted octanol–water partition coefficient (Wildman–Crippen LogP) is 3.45. The SMILES string of the molecule is Cc1cccc(CS(=O)Cc2ccc(F)c(C#N)c2)c1. The average molecular weight is 287 g/mol. The second-order valence-electron chi connectivity index (χ2n) is 4.64. The molecule has 2 rings (SSSR count).